The number of alkyl halides is 3. The summed E-state index contributed by atoms with van der Waals surface area (Å²) in [4.78, 5) is 38.5. The number of aryl methyl sites for hydroxylation is 1. The van der Waals surface area contributed by atoms with Gasteiger partial charge >= 0.3 is 6.18 Å². The molecule has 3 rings (SSSR count). The Bertz CT molecular complexity index is 1220. The number of fused-ring (bicyclic) bond motifs is 1. The van der Waals surface area contributed by atoms with Gasteiger partial charge in [0.2, 0.25) is 11.7 Å². The Hall–Kier alpha value is -3.81. The first-order chi connectivity index (χ1) is 14.1. The van der Waals surface area contributed by atoms with Crippen molar-refractivity contribution < 1.29 is 20.8 Å². The van der Waals surface area contributed by atoms with E-state index in [4.69, 9.17) is 5.26 Å². The van der Waals surface area contributed by atoms with Gasteiger partial charge in [-0.2, -0.15) is 18.4 Å². The van der Waals surface area contributed by atoms with E-state index in [1.165, 1.54) is 19.3 Å². The van der Waals surface area contributed by atoms with E-state index in [1.807, 2.05) is 0 Å². The molecule has 1 atom stereocenters. The molecule has 0 aromatic carbocycles. The summed E-state index contributed by atoms with van der Waals surface area (Å²) in [6, 6.07) is 3.19. The van der Waals surface area contributed by atoms with Gasteiger partial charge in [-0.05, 0) is 31.5 Å². The van der Waals surface area contributed by atoms with Crippen LogP contribution in [0.4, 0.5) is 13.2 Å². The highest BCUT2D eigenvalue weighted by atomic mass is 19.4. The maximum absolute atomic E-state index is 13.0. The monoisotopic (exact) mass is 420 g/mol. The number of hydrogen-bond donors (Lipinski definition) is 2. The van der Waals surface area contributed by atoms with E-state index < -0.39 is 29.4 Å². The topological polar surface area (TPSA) is 124 Å². The largest absolute Gasteiger partial charge is 0.433 e. The summed E-state index contributed by atoms with van der Waals surface area (Å²) in [5.41, 5.74) is -0.776. The Morgan fingerprint density at radius 1 is 1.33 bits per heavy atom. The van der Waals surface area contributed by atoms with Crippen LogP contribution in [-0.4, -0.2) is 25.8 Å². The summed E-state index contributed by atoms with van der Waals surface area (Å²) < 4.78 is 38.9. The summed E-state index contributed by atoms with van der Waals surface area (Å²) >= 11 is 0. The number of amides is 1. The number of hydrogen-bond acceptors (Lipinski definition) is 6. The van der Waals surface area contributed by atoms with Crippen molar-refractivity contribution >= 4 is 16.9 Å². The van der Waals surface area contributed by atoms with E-state index in [0.717, 1.165) is 12.1 Å². The first-order valence-corrected chi connectivity index (χ1v) is 8.71. The summed E-state index contributed by atoms with van der Waals surface area (Å²) in [5.74, 6) is -0.534. The van der Waals surface area contributed by atoms with Gasteiger partial charge in [0.1, 0.15) is 11.8 Å². The Labute approximate surface area is 170 Å². The van der Waals surface area contributed by atoms with Crippen LogP contribution < -0.4 is 10.9 Å². The molecule has 0 aliphatic carbocycles. The van der Waals surface area contributed by atoms with Crippen LogP contribution in [0.3, 0.4) is 0 Å². The zero-order valence-corrected chi connectivity index (χ0v) is 15.8. The number of rotatable bonds is 4. The van der Waals surface area contributed by atoms with Crippen LogP contribution in [0.15, 0.2) is 29.3 Å². The van der Waals surface area contributed by atoms with Crippen molar-refractivity contribution in [1.29, 1.82) is 5.26 Å². The van der Waals surface area contributed by atoms with Crippen molar-refractivity contribution in [3.63, 3.8) is 0 Å². The molecule has 0 fully saturated rings. The number of nitrogens with zero attached hydrogens (tertiary/aromatic N) is 4. The lowest BCUT2D eigenvalue weighted by Crippen LogP contribution is -2.31. The Morgan fingerprint density at radius 3 is 2.60 bits per heavy atom. The fourth-order valence-corrected chi connectivity index (χ4v) is 2.88. The van der Waals surface area contributed by atoms with Gasteiger partial charge in [-0.1, -0.05) is 0 Å². The van der Waals surface area contributed by atoms with E-state index >= 15 is 0 Å². The molecule has 0 radical (unpaired) electrons. The van der Waals surface area contributed by atoms with Gasteiger partial charge in [0.15, 0.2) is 0 Å². The van der Waals surface area contributed by atoms with Gasteiger partial charge < -0.3 is 10.3 Å². The average Bonchev–Trinajstić information content (AvgIpc) is 2.70. The predicted molar refractivity (Wildman–Crippen MR) is 103 cm³/mol. The molecule has 3 aromatic rings. The second-order valence-corrected chi connectivity index (χ2v) is 6.57. The molecule has 11 heteroatoms. The number of carbonyl (C=O) groups excluding carboxylic acids is 1. The fraction of sp³-hybridized carbons (Fsp3) is 0.263. The minimum absolute atomic E-state index is 0. The standard InChI is InChI=1S/C19H15F3N6O2.2H2/c1-9-12(5-16(29)26-10(2)11-7-24-15(6-23)25-8-11)18(30)27-13-3-4-14(19(20,21)22)28-17(9)13;;/h3-4,7-8,10H,5H2,1-2H3,(H,26,29)(H,27,30);2*1H/t10-;;/m1../s1. The molecule has 8 nitrogen and oxygen atoms in total. The highest BCUT2D eigenvalue weighted by Gasteiger charge is 2.32. The third-order valence-corrected chi connectivity index (χ3v) is 4.50. The molecule has 0 aliphatic rings. The quantitative estimate of drug-likeness (QED) is 0.669. The van der Waals surface area contributed by atoms with Crippen LogP contribution in [0.2, 0.25) is 0 Å². The van der Waals surface area contributed by atoms with E-state index in [0.29, 0.717) is 5.56 Å². The SMILES string of the molecule is Cc1c(CC(=O)N[C@H](C)c2cnc(C#N)nc2)c(=O)[nH]c2ccc(C(F)(F)F)nc12.[HH].[HH]. The average molecular weight is 420 g/mol. The third-order valence-electron chi connectivity index (χ3n) is 4.50. The van der Waals surface area contributed by atoms with E-state index in [2.05, 4.69) is 25.3 Å². The lowest BCUT2D eigenvalue weighted by atomic mass is 10.0. The van der Waals surface area contributed by atoms with Gasteiger partial charge in [-0.15, -0.1) is 0 Å². The zero-order chi connectivity index (χ0) is 22.1. The smallest absolute Gasteiger partial charge is 0.349 e. The molecule has 3 heterocycles. The van der Waals surface area contributed by atoms with Crippen LogP contribution in [0, 0.1) is 18.3 Å². The van der Waals surface area contributed by atoms with Gasteiger partial charge in [-0.3, -0.25) is 9.59 Å². The molecule has 30 heavy (non-hydrogen) atoms. The molecule has 0 saturated carbocycles. The first-order valence-electron chi connectivity index (χ1n) is 8.71. The molecule has 0 saturated heterocycles. The highest BCUT2D eigenvalue weighted by molar-refractivity contribution is 5.83. The molecule has 1 amide bonds. The van der Waals surface area contributed by atoms with Crippen LogP contribution in [-0.2, 0) is 17.4 Å². The number of carbonyl (C=O) groups is 1. The number of nitrogens with one attached hydrogen (secondary N) is 2. The molecule has 158 valence electrons. The Kier molecular flexibility index (Phi) is 5.51. The Morgan fingerprint density at radius 2 is 2.00 bits per heavy atom. The molecular weight excluding hydrogens is 401 g/mol. The molecular formula is C19H19F3N6O2. The van der Waals surface area contributed by atoms with Crippen LogP contribution in [0.25, 0.3) is 11.0 Å². The van der Waals surface area contributed by atoms with Crippen LogP contribution in [0.5, 0.6) is 0 Å². The minimum Gasteiger partial charge on any atom is -0.349 e. The zero-order valence-electron chi connectivity index (χ0n) is 15.8. The molecule has 0 aliphatic heterocycles. The lowest BCUT2D eigenvalue weighted by Gasteiger charge is -2.15. The maximum atomic E-state index is 13.0. The minimum atomic E-state index is -4.63. The van der Waals surface area contributed by atoms with Crippen molar-refractivity contribution in [1.82, 2.24) is 25.3 Å². The van der Waals surface area contributed by atoms with E-state index in [9.17, 15) is 22.8 Å². The number of halogens is 3. The summed E-state index contributed by atoms with van der Waals surface area (Å²) in [7, 11) is 0. The summed E-state index contributed by atoms with van der Waals surface area (Å²) in [6.07, 6.45) is -2.19. The summed E-state index contributed by atoms with van der Waals surface area (Å²) in [6.45, 7) is 3.11. The van der Waals surface area contributed by atoms with Crippen molar-refractivity contribution in [2.75, 3.05) is 0 Å². The molecule has 0 bridgehead atoms. The normalized spacial score (nSPS) is 12.4. The maximum Gasteiger partial charge on any atom is 0.433 e. The van der Waals surface area contributed by atoms with Crippen molar-refractivity contribution in [3.8, 4) is 6.07 Å². The number of aromatic amines is 1. The predicted octanol–water partition coefficient (Wildman–Crippen LogP) is 2.82. The van der Waals surface area contributed by atoms with Crippen molar-refractivity contribution in [3.05, 3.63) is 63.1 Å². The van der Waals surface area contributed by atoms with Crippen molar-refractivity contribution in [2.24, 2.45) is 0 Å². The second-order valence-electron chi connectivity index (χ2n) is 6.57. The van der Waals surface area contributed by atoms with E-state index in [1.54, 1.807) is 13.0 Å². The van der Waals surface area contributed by atoms with Gasteiger partial charge in [-0.25, -0.2) is 15.0 Å². The number of aromatic nitrogens is 4. The number of nitriles is 1. The summed E-state index contributed by atoms with van der Waals surface area (Å²) in [5, 5.41) is 11.4. The number of pyridine rings is 2. The van der Waals surface area contributed by atoms with E-state index in [-0.39, 0.29) is 37.3 Å². The van der Waals surface area contributed by atoms with Crippen molar-refractivity contribution in [2.45, 2.75) is 32.5 Å². The number of H-pyrrole nitrogens is 1. The van der Waals surface area contributed by atoms with Gasteiger partial charge in [0.05, 0.1) is 23.5 Å². The molecule has 0 spiro atoms. The van der Waals surface area contributed by atoms with Gasteiger partial charge in [0.25, 0.3) is 5.56 Å². The first kappa shape index (κ1) is 20.9. The molecule has 3 aromatic heterocycles. The molecule has 0 unspecified atom stereocenters. The second kappa shape index (κ2) is 7.90. The van der Waals surface area contributed by atoms with Gasteiger partial charge in [0, 0.05) is 26.4 Å². The third kappa shape index (κ3) is 4.27. The van der Waals surface area contributed by atoms with Crippen LogP contribution >= 0.6 is 0 Å². The highest BCUT2D eigenvalue weighted by Crippen LogP contribution is 2.29. The molecule has 2 N–H and O–H groups in total. The van der Waals surface area contributed by atoms with Crippen LogP contribution in [0.1, 0.15) is 44.0 Å². The fourth-order valence-electron chi connectivity index (χ4n) is 2.88. The Balaban J connectivity index is 0.00000256. The lowest BCUT2D eigenvalue weighted by molar-refractivity contribution is -0.141.